The molecule has 1 N–H and O–H groups in total. The van der Waals surface area contributed by atoms with Crippen molar-refractivity contribution in [2.75, 3.05) is 6.54 Å². The van der Waals surface area contributed by atoms with Gasteiger partial charge in [-0.25, -0.2) is 0 Å². The summed E-state index contributed by atoms with van der Waals surface area (Å²) >= 11 is 0. The van der Waals surface area contributed by atoms with E-state index in [2.05, 4.69) is 37.9 Å². The van der Waals surface area contributed by atoms with Crippen LogP contribution in [0.2, 0.25) is 0 Å². The fraction of sp³-hybridized carbons (Fsp3) is 1.00. The van der Waals surface area contributed by atoms with Crippen molar-refractivity contribution < 1.29 is 0 Å². The van der Waals surface area contributed by atoms with Crippen LogP contribution in [0.1, 0.15) is 79.1 Å². The number of hydrogen-bond acceptors (Lipinski definition) is 2. The van der Waals surface area contributed by atoms with E-state index in [4.69, 9.17) is 0 Å². The summed E-state index contributed by atoms with van der Waals surface area (Å²) in [5.74, 6) is 0.963. The van der Waals surface area contributed by atoms with Gasteiger partial charge in [-0.1, -0.05) is 27.2 Å². The first-order valence-electron chi connectivity index (χ1n) is 9.21. The molecule has 2 nitrogen and oxygen atoms in total. The van der Waals surface area contributed by atoms with Crippen LogP contribution in [0.15, 0.2) is 0 Å². The molecule has 5 atom stereocenters. The summed E-state index contributed by atoms with van der Waals surface area (Å²) in [7, 11) is 0. The van der Waals surface area contributed by atoms with E-state index in [1.165, 1.54) is 57.9 Å². The van der Waals surface area contributed by atoms with Crippen molar-refractivity contribution in [3.8, 4) is 0 Å². The molecule has 2 fully saturated rings. The molecule has 0 aromatic carbocycles. The Bertz CT molecular complexity index is 279. The van der Waals surface area contributed by atoms with Gasteiger partial charge < -0.3 is 5.32 Å². The molecule has 0 amide bonds. The SMILES string of the molecule is CCCNC1CCC(CC)CC1N1C(C)CCC1CC. The van der Waals surface area contributed by atoms with Crippen LogP contribution in [0.25, 0.3) is 0 Å². The highest BCUT2D eigenvalue weighted by atomic mass is 15.3. The lowest BCUT2D eigenvalue weighted by atomic mass is 9.79. The minimum Gasteiger partial charge on any atom is -0.312 e. The van der Waals surface area contributed by atoms with Crippen LogP contribution in [0.5, 0.6) is 0 Å². The maximum atomic E-state index is 3.87. The van der Waals surface area contributed by atoms with Crippen LogP contribution in [-0.2, 0) is 0 Å². The summed E-state index contributed by atoms with van der Waals surface area (Å²) < 4.78 is 0. The van der Waals surface area contributed by atoms with Crippen LogP contribution in [0, 0.1) is 5.92 Å². The van der Waals surface area contributed by atoms with E-state index < -0.39 is 0 Å². The molecule has 1 saturated heterocycles. The summed E-state index contributed by atoms with van der Waals surface area (Å²) in [6.45, 7) is 10.7. The zero-order valence-corrected chi connectivity index (χ0v) is 14.2. The number of nitrogens with one attached hydrogen (secondary N) is 1. The van der Waals surface area contributed by atoms with Gasteiger partial charge in [-0.15, -0.1) is 0 Å². The third-order valence-corrected chi connectivity index (χ3v) is 5.86. The molecular weight excluding hydrogens is 244 g/mol. The van der Waals surface area contributed by atoms with E-state index in [9.17, 15) is 0 Å². The topological polar surface area (TPSA) is 15.3 Å². The molecule has 5 unspecified atom stereocenters. The minimum absolute atomic E-state index is 0.743. The largest absolute Gasteiger partial charge is 0.312 e. The number of nitrogens with zero attached hydrogens (tertiary/aromatic N) is 1. The molecule has 1 heterocycles. The van der Waals surface area contributed by atoms with Gasteiger partial charge in [0.05, 0.1) is 0 Å². The van der Waals surface area contributed by atoms with Gasteiger partial charge in [-0.2, -0.15) is 0 Å². The quantitative estimate of drug-likeness (QED) is 0.784. The van der Waals surface area contributed by atoms with Crippen molar-refractivity contribution in [3.63, 3.8) is 0 Å². The van der Waals surface area contributed by atoms with E-state index in [-0.39, 0.29) is 0 Å². The summed E-state index contributed by atoms with van der Waals surface area (Å²) in [6.07, 6.45) is 11.0. The summed E-state index contributed by atoms with van der Waals surface area (Å²) in [5.41, 5.74) is 0. The van der Waals surface area contributed by atoms with Crippen LogP contribution >= 0.6 is 0 Å². The highest BCUT2D eigenvalue weighted by Gasteiger charge is 2.40. The molecule has 2 aliphatic rings. The number of hydrogen-bond donors (Lipinski definition) is 1. The Balaban J connectivity index is 2.08. The molecule has 2 heteroatoms. The Kier molecular flexibility index (Phi) is 6.35. The Hall–Kier alpha value is -0.0800. The normalized spacial score (nSPS) is 39.3. The van der Waals surface area contributed by atoms with Crippen molar-refractivity contribution in [1.82, 2.24) is 10.2 Å². The number of likely N-dealkylation sites (tertiary alicyclic amines) is 1. The second-order valence-corrected chi connectivity index (χ2v) is 7.15. The fourth-order valence-electron chi connectivity index (χ4n) is 4.60. The van der Waals surface area contributed by atoms with Crippen LogP contribution in [-0.4, -0.2) is 35.6 Å². The lowest BCUT2D eigenvalue weighted by Crippen LogP contribution is -2.56. The first-order chi connectivity index (χ1) is 9.71. The fourth-order valence-corrected chi connectivity index (χ4v) is 4.60. The lowest BCUT2D eigenvalue weighted by molar-refractivity contribution is 0.0576. The van der Waals surface area contributed by atoms with E-state index in [0.717, 1.165) is 30.1 Å². The Morgan fingerprint density at radius 1 is 1.00 bits per heavy atom. The van der Waals surface area contributed by atoms with Crippen molar-refractivity contribution in [3.05, 3.63) is 0 Å². The first kappa shape index (κ1) is 16.3. The number of rotatable bonds is 6. The molecule has 0 radical (unpaired) electrons. The van der Waals surface area contributed by atoms with Crippen molar-refractivity contribution in [2.24, 2.45) is 5.92 Å². The molecular formula is C18H36N2. The highest BCUT2D eigenvalue weighted by molar-refractivity contribution is 4.97. The average Bonchev–Trinajstić information content (AvgIpc) is 2.85. The molecule has 1 saturated carbocycles. The van der Waals surface area contributed by atoms with E-state index in [1.807, 2.05) is 0 Å². The highest BCUT2D eigenvalue weighted by Crippen LogP contribution is 2.37. The van der Waals surface area contributed by atoms with Gasteiger partial charge in [0.1, 0.15) is 0 Å². The smallest absolute Gasteiger partial charge is 0.0257 e. The predicted octanol–water partition coefficient (Wildman–Crippen LogP) is 4.20. The van der Waals surface area contributed by atoms with Gasteiger partial charge in [0, 0.05) is 24.2 Å². The predicted molar refractivity (Wildman–Crippen MR) is 88.1 cm³/mol. The van der Waals surface area contributed by atoms with Crippen molar-refractivity contribution in [2.45, 2.75) is 103 Å². The summed E-state index contributed by atoms with van der Waals surface area (Å²) in [4.78, 5) is 2.91. The van der Waals surface area contributed by atoms with Gasteiger partial charge in [0.15, 0.2) is 0 Å². The van der Waals surface area contributed by atoms with Crippen LogP contribution < -0.4 is 5.32 Å². The Morgan fingerprint density at radius 3 is 2.45 bits per heavy atom. The van der Waals surface area contributed by atoms with E-state index in [1.54, 1.807) is 0 Å². The average molecular weight is 280 g/mol. The molecule has 0 aromatic rings. The summed E-state index contributed by atoms with van der Waals surface area (Å²) in [5, 5.41) is 3.87. The molecule has 20 heavy (non-hydrogen) atoms. The molecule has 0 spiro atoms. The molecule has 118 valence electrons. The maximum absolute atomic E-state index is 3.87. The standard InChI is InChI=1S/C18H36N2/c1-5-12-19-17-11-9-15(6-2)13-18(17)20-14(4)8-10-16(20)7-3/h14-19H,5-13H2,1-4H3. The molecule has 1 aliphatic carbocycles. The lowest BCUT2D eigenvalue weighted by Gasteiger charge is -2.45. The van der Waals surface area contributed by atoms with Crippen LogP contribution in [0.3, 0.4) is 0 Å². The Labute approximate surface area is 126 Å². The van der Waals surface area contributed by atoms with Gasteiger partial charge in [-0.3, -0.25) is 4.90 Å². The van der Waals surface area contributed by atoms with E-state index in [0.29, 0.717) is 0 Å². The molecule has 0 bridgehead atoms. The monoisotopic (exact) mass is 280 g/mol. The summed E-state index contributed by atoms with van der Waals surface area (Å²) in [6, 6.07) is 3.18. The second kappa shape index (κ2) is 7.79. The third-order valence-electron chi connectivity index (χ3n) is 5.86. The van der Waals surface area contributed by atoms with Crippen molar-refractivity contribution in [1.29, 1.82) is 0 Å². The first-order valence-corrected chi connectivity index (χ1v) is 9.21. The van der Waals surface area contributed by atoms with Gasteiger partial charge in [0.2, 0.25) is 0 Å². The third kappa shape index (κ3) is 3.57. The van der Waals surface area contributed by atoms with Crippen LogP contribution in [0.4, 0.5) is 0 Å². The zero-order chi connectivity index (χ0) is 14.5. The molecule has 0 aromatic heterocycles. The van der Waals surface area contributed by atoms with Crippen molar-refractivity contribution >= 4 is 0 Å². The molecule has 2 rings (SSSR count). The van der Waals surface area contributed by atoms with Gasteiger partial charge in [0.25, 0.3) is 0 Å². The van der Waals surface area contributed by atoms with Gasteiger partial charge in [-0.05, 0) is 64.3 Å². The second-order valence-electron chi connectivity index (χ2n) is 7.15. The van der Waals surface area contributed by atoms with E-state index >= 15 is 0 Å². The maximum Gasteiger partial charge on any atom is 0.0257 e. The Morgan fingerprint density at radius 2 is 1.80 bits per heavy atom. The van der Waals surface area contributed by atoms with Gasteiger partial charge >= 0.3 is 0 Å². The minimum atomic E-state index is 0.743. The molecule has 1 aliphatic heterocycles. The zero-order valence-electron chi connectivity index (χ0n) is 14.2.